The van der Waals surface area contributed by atoms with E-state index in [0.717, 1.165) is 40.7 Å². The average molecular weight is 371 g/mol. The van der Waals surface area contributed by atoms with Gasteiger partial charge in [0.2, 0.25) is 5.91 Å². The van der Waals surface area contributed by atoms with Crippen LogP contribution in [0.1, 0.15) is 32.1 Å². The second-order valence-corrected chi connectivity index (χ2v) is 8.61. The molecule has 1 aliphatic carbocycles. The number of nitrogens with zero attached hydrogens (tertiary/aromatic N) is 3. The molecule has 0 bridgehead atoms. The monoisotopic (exact) mass is 371 g/mol. The Balaban J connectivity index is 2.27. The number of hydrogen-bond donors (Lipinski definition) is 0. The van der Waals surface area contributed by atoms with Crippen molar-refractivity contribution in [1.82, 2.24) is 9.21 Å². The van der Waals surface area contributed by atoms with Gasteiger partial charge in [-0.15, -0.1) is 0 Å². The molecule has 1 amide bonds. The van der Waals surface area contributed by atoms with Crippen molar-refractivity contribution in [3.05, 3.63) is 30.1 Å². The molecular formula is C17H26FN3O3S. The Morgan fingerprint density at radius 1 is 1.12 bits per heavy atom. The first kappa shape index (κ1) is 19.7. The van der Waals surface area contributed by atoms with Crippen LogP contribution < -0.4 is 4.31 Å². The fraction of sp³-hybridized carbons (Fsp3) is 0.588. The van der Waals surface area contributed by atoms with Gasteiger partial charge < -0.3 is 4.90 Å². The highest BCUT2D eigenvalue weighted by molar-refractivity contribution is 7.90. The van der Waals surface area contributed by atoms with Crippen molar-refractivity contribution >= 4 is 21.8 Å². The minimum Gasteiger partial charge on any atom is -0.341 e. The summed E-state index contributed by atoms with van der Waals surface area (Å²) in [4.78, 5) is 14.3. The summed E-state index contributed by atoms with van der Waals surface area (Å²) >= 11 is 0. The number of carbonyl (C=O) groups excluding carboxylic acids is 1. The Kier molecular flexibility index (Phi) is 6.40. The van der Waals surface area contributed by atoms with E-state index in [1.165, 1.54) is 32.3 Å². The molecule has 8 heteroatoms. The predicted molar refractivity (Wildman–Crippen MR) is 96.0 cm³/mol. The van der Waals surface area contributed by atoms with E-state index in [2.05, 4.69) is 0 Å². The maximum absolute atomic E-state index is 14.2. The largest absolute Gasteiger partial charge is 0.341 e. The zero-order chi connectivity index (χ0) is 18.6. The quantitative estimate of drug-likeness (QED) is 0.770. The van der Waals surface area contributed by atoms with Crippen LogP contribution in [-0.2, 0) is 15.0 Å². The zero-order valence-electron chi connectivity index (χ0n) is 15.0. The molecule has 0 aromatic heterocycles. The van der Waals surface area contributed by atoms with Crippen molar-refractivity contribution in [2.24, 2.45) is 0 Å². The minimum absolute atomic E-state index is 0.116. The number of benzene rings is 1. The van der Waals surface area contributed by atoms with Crippen LogP contribution >= 0.6 is 0 Å². The van der Waals surface area contributed by atoms with E-state index in [4.69, 9.17) is 0 Å². The minimum atomic E-state index is -3.99. The maximum Gasteiger partial charge on any atom is 0.304 e. The van der Waals surface area contributed by atoms with Gasteiger partial charge in [0.25, 0.3) is 0 Å². The molecule has 1 aliphatic rings. The summed E-state index contributed by atoms with van der Waals surface area (Å²) in [5.74, 6) is -1.01. The van der Waals surface area contributed by atoms with Crippen LogP contribution in [0.25, 0.3) is 0 Å². The summed E-state index contributed by atoms with van der Waals surface area (Å²) in [6.07, 6.45) is 5.13. The van der Waals surface area contributed by atoms with Crippen molar-refractivity contribution in [1.29, 1.82) is 0 Å². The Bertz CT molecular complexity index is 703. The number of rotatable bonds is 6. The van der Waals surface area contributed by atoms with Crippen LogP contribution in [0.3, 0.4) is 0 Å². The lowest BCUT2D eigenvalue weighted by Gasteiger charge is -2.34. The van der Waals surface area contributed by atoms with Crippen molar-refractivity contribution < 1.29 is 17.6 Å². The second kappa shape index (κ2) is 8.14. The molecule has 6 nitrogen and oxygen atoms in total. The smallest absolute Gasteiger partial charge is 0.304 e. The SMILES string of the molecule is CN(C(=O)CN(c1ccccc1F)S(=O)(=O)N(C)C)C1CCCCC1. The fourth-order valence-electron chi connectivity index (χ4n) is 3.05. The molecule has 1 aromatic rings. The molecule has 0 unspecified atom stereocenters. The third-order valence-corrected chi connectivity index (χ3v) is 6.46. The second-order valence-electron chi connectivity index (χ2n) is 6.54. The highest BCUT2D eigenvalue weighted by atomic mass is 32.2. The van der Waals surface area contributed by atoms with E-state index in [0.29, 0.717) is 0 Å². The van der Waals surface area contributed by atoms with Gasteiger partial charge in [-0.25, -0.2) is 8.70 Å². The maximum atomic E-state index is 14.2. The molecule has 25 heavy (non-hydrogen) atoms. The normalized spacial score (nSPS) is 16.0. The summed E-state index contributed by atoms with van der Waals surface area (Å²) in [7, 11) is 0.419. The molecule has 0 spiro atoms. The summed E-state index contributed by atoms with van der Waals surface area (Å²) in [5.41, 5.74) is -0.124. The predicted octanol–water partition coefficient (Wildman–Crippen LogP) is 2.23. The molecule has 0 heterocycles. The summed E-state index contributed by atoms with van der Waals surface area (Å²) in [5, 5.41) is 0. The lowest BCUT2D eigenvalue weighted by molar-refractivity contribution is -0.130. The number of amides is 1. The molecule has 140 valence electrons. The summed E-state index contributed by atoms with van der Waals surface area (Å²) in [6.45, 7) is -0.422. The third kappa shape index (κ3) is 4.49. The molecule has 0 radical (unpaired) electrons. The molecule has 1 fully saturated rings. The third-order valence-electron chi connectivity index (χ3n) is 4.66. The standard InChI is InChI=1S/C17H26FN3O3S/c1-19(2)25(23,24)21(16-12-8-7-11-15(16)18)13-17(22)20(3)14-9-5-4-6-10-14/h7-8,11-12,14H,4-6,9-10,13H2,1-3H3. The fourth-order valence-corrected chi connectivity index (χ4v) is 4.11. The van der Waals surface area contributed by atoms with Gasteiger partial charge in [-0.1, -0.05) is 31.4 Å². The van der Waals surface area contributed by atoms with Crippen molar-refractivity contribution in [2.45, 2.75) is 38.1 Å². The van der Waals surface area contributed by atoms with Gasteiger partial charge in [0.15, 0.2) is 0 Å². The molecule has 0 N–H and O–H groups in total. The molecule has 0 aliphatic heterocycles. The van der Waals surface area contributed by atoms with Crippen LogP contribution in [0, 0.1) is 5.82 Å². The van der Waals surface area contributed by atoms with Crippen LogP contribution in [0.15, 0.2) is 24.3 Å². The first-order valence-electron chi connectivity index (χ1n) is 8.45. The Morgan fingerprint density at radius 3 is 2.28 bits per heavy atom. The van der Waals surface area contributed by atoms with Crippen LogP contribution in [0.2, 0.25) is 0 Å². The van der Waals surface area contributed by atoms with Crippen LogP contribution in [0.4, 0.5) is 10.1 Å². The van der Waals surface area contributed by atoms with Crippen LogP contribution in [-0.4, -0.2) is 57.3 Å². The molecule has 0 saturated heterocycles. The highest BCUT2D eigenvalue weighted by Gasteiger charge is 2.31. The zero-order valence-corrected chi connectivity index (χ0v) is 15.8. The van der Waals surface area contributed by atoms with Gasteiger partial charge >= 0.3 is 10.2 Å². The molecule has 1 saturated carbocycles. The number of anilines is 1. The van der Waals surface area contributed by atoms with E-state index in [1.54, 1.807) is 18.0 Å². The van der Waals surface area contributed by atoms with E-state index in [-0.39, 0.29) is 17.6 Å². The first-order valence-corrected chi connectivity index (χ1v) is 9.85. The van der Waals surface area contributed by atoms with E-state index < -0.39 is 22.6 Å². The van der Waals surface area contributed by atoms with Crippen molar-refractivity contribution in [2.75, 3.05) is 32.0 Å². The van der Waals surface area contributed by atoms with E-state index >= 15 is 0 Å². The van der Waals surface area contributed by atoms with Gasteiger partial charge in [0, 0.05) is 27.2 Å². The lowest BCUT2D eigenvalue weighted by atomic mass is 9.94. The van der Waals surface area contributed by atoms with Crippen molar-refractivity contribution in [3.8, 4) is 0 Å². The summed E-state index contributed by atoms with van der Waals surface area (Å²) in [6, 6.07) is 5.69. The van der Waals surface area contributed by atoms with Gasteiger partial charge in [-0.2, -0.15) is 12.7 Å². The number of para-hydroxylation sites is 1. The molecule has 1 aromatic carbocycles. The average Bonchev–Trinajstić information content (AvgIpc) is 2.60. The Morgan fingerprint density at radius 2 is 1.72 bits per heavy atom. The lowest BCUT2D eigenvalue weighted by Crippen LogP contribution is -2.48. The number of halogens is 1. The molecular weight excluding hydrogens is 345 g/mol. The number of hydrogen-bond acceptors (Lipinski definition) is 3. The number of carbonyl (C=O) groups is 1. The van der Waals surface area contributed by atoms with Gasteiger partial charge in [0.05, 0.1) is 5.69 Å². The molecule has 0 atom stereocenters. The Hall–Kier alpha value is -1.67. The Labute approximate surface area is 149 Å². The van der Waals surface area contributed by atoms with E-state index in [1.807, 2.05) is 0 Å². The topological polar surface area (TPSA) is 60.9 Å². The first-order chi connectivity index (χ1) is 11.7. The van der Waals surface area contributed by atoms with Crippen LogP contribution in [0.5, 0.6) is 0 Å². The van der Waals surface area contributed by atoms with Gasteiger partial charge in [-0.05, 0) is 25.0 Å². The van der Waals surface area contributed by atoms with Gasteiger partial charge in [0.1, 0.15) is 12.4 Å². The number of likely N-dealkylation sites (N-methyl/N-ethyl adjacent to an activating group) is 1. The van der Waals surface area contributed by atoms with Gasteiger partial charge in [-0.3, -0.25) is 4.79 Å². The molecule has 2 rings (SSSR count). The highest BCUT2D eigenvalue weighted by Crippen LogP contribution is 2.25. The van der Waals surface area contributed by atoms with E-state index in [9.17, 15) is 17.6 Å². The van der Waals surface area contributed by atoms with Crippen molar-refractivity contribution in [3.63, 3.8) is 0 Å². The summed E-state index contributed by atoms with van der Waals surface area (Å²) < 4.78 is 41.3.